The Kier molecular flexibility index (Phi) is 5.87. The van der Waals surface area contributed by atoms with Gasteiger partial charge < -0.3 is 10.0 Å². The number of aliphatic hydroxyl groups is 1. The summed E-state index contributed by atoms with van der Waals surface area (Å²) in [5.41, 5.74) is 3.93. The molecule has 4 nitrogen and oxygen atoms in total. The summed E-state index contributed by atoms with van der Waals surface area (Å²) in [6.45, 7) is 4.12. The normalized spacial score (nSPS) is 14.7. The van der Waals surface area contributed by atoms with Gasteiger partial charge in [0.1, 0.15) is 7.05 Å². The number of ketones is 1. The van der Waals surface area contributed by atoms with E-state index in [1.54, 1.807) is 11.8 Å². The van der Waals surface area contributed by atoms with Crippen molar-refractivity contribution < 1.29 is 14.5 Å². The van der Waals surface area contributed by atoms with Crippen LogP contribution in [0.4, 0.5) is 5.69 Å². The fourth-order valence-corrected chi connectivity index (χ4v) is 4.79. The van der Waals surface area contributed by atoms with E-state index in [-0.39, 0.29) is 18.3 Å². The summed E-state index contributed by atoms with van der Waals surface area (Å²) in [6.07, 6.45) is 4.15. The number of hydrogen-bond donors (Lipinski definition) is 1. The van der Waals surface area contributed by atoms with Gasteiger partial charge in [0.15, 0.2) is 12.0 Å². The van der Waals surface area contributed by atoms with Crippen molar-refractivity contribution in [2.24, 2.45) is 13.0 Å². The van der Waals surface area contributed by atoms with Crippen LogP contribution in [0.3, 0.4) is 0 Å². The first-order valence-electron chi connectivity index (χ1n) is 9.89. The Morgan fingerprint density at radius 1 is 1.23 bits per heavy atom. The molecule has 1 aliphatic rings. The number of anilines is 1. The van der Waals surface area contributed by atoms with E-state index in [2.05, 4.69) is 21.6 Å². The number of aliphatic hydroxyl groups excluding tert-OH is 1. The van der Waals surface area contributed by atoms with E-state index in [1.165, 1.54) is 0 Å². The Morgan fingerprint density at radius 2 is 2.03 bits per heavy atom. The van der Waals surface area contributed by atoms with Crippen LogP contribution >= 0.6 is 23.4 Å². The standard InChI is InChI=1S/C24H24ClN2O2S/c1-15(2)22(29)13-27-21-10-16(14-28)4-7-23(21)30-24(27)11-17-8-9-26(3)20-6-5-18(25)12-19(17)20/h4-12,15,28H,13-14H2,1-3H3/q+1. The highest BCUT2D eigenvalue weighted by atomic mass is 35.5. The molecule has 0 saturated carbocycles. The Morgan fingerprint density at radius 3 is 2.77 bits per heavy atom. The lowest BCUT2D eigenvalue weighted by molar-refractivity contribution is -0.644. The van der Waals surface area contributed by atoms with E-state index < -0.39 is 0 Å². The largest absolute Gasteiger partial charge is 0.392 e. The predicted octanol–water partition coefficient (Wildman–Crippen LogP) is 4.95. The average Bonchev–Trinajstić information content (AvgIpc) is 3.06. The van der Waals surface area contributed by atoms with E-state index >= 15 is 0 Å². The predicted molar refractivity (Wildman–Crippen MR) is 124 cm³/mol. The van der Waals surface area contributed by atoms with Gasteiger partial charge in [-0.15, -0.1) is 0 Å². The van der Waals surface area contributed by atoms with Crippen LogP contribution in [0.1, 0.15) is 25.0 Å². The number of pyridine rings is 1. The molecular weight excluding hydrogens is 416 g/mol. The maximum Gasteiger partial charge on any atom is 0.212 e. The molecule has 6 heteroatoms. The van der Waals surface area contributed by atoms with E-state index in [9.17, 15) is 9.90 Å². The minimum atomic E-state index is -0.0447. The molecule has 1 aromatic heterocycles. The Hall–Kier alpha value is -2.34. The molecule has 0 unspecified atom stereocenters. The van der Waals surface area contributed by atoms with E-state index in [0.29, 0.717) is 11.6 Å². The number of thioether (sulfide) groups is 1. The summed E-state index contributed by atoms with van der Waals surface area (Å²) >= 11 is 7.93. The molecule has 0 saturated heterocycles. The van der Waals surface area contributed by atoms with Crippen LogP contribution in [0.5, 0.6) is 0 Å². The molecule has 2 aromatic carbocycles. The van der Waals surface area contributed by atoms with Crippen LogP contribution in [-0.4, -0.2) is 17.4 Å². The summed E-state index contributed by atoms with van der Waals surface area (Å²) in [4.78, 5) is 15.8. The van der Waals surface area contributed by atoms with Crippen LogP contribution in [0.2, 0.25) is 5.02 Å². The molecule has 0 atom stereocenters. The molecule has 154 valence electrons. The summed E-state index contributed by atoms with van der Waals surface area (Å²) in [6, 6.07) is 13.9. The van der Waals surface area contributed by atoms with Gasteiger partial charge in [-0.3, -0.25) is 4.79 Å². The fraction of sp³-hybridized carbons (Fsp3) is 0.250. The van der Waals surface area contributed by atoms with Crippen molar-refractivity contribution in [2.75, 3.05) is 11.4 Å². The van der Waals surface area contributed by atoms with E-state index in [4.69, 9.17) is 11.6 Å². The number of carbonyl (C=O) groups is 1. The Labute approximate surface area is 185 Å². The van der Waals surface area contributed by atoms with Crippen molar-refractivity contribution in [3.05, 3.63) is 69.8 Å². The van der Waals surface area contributed by atoms with Gasteiger partial charge in [-0.05, 0) is 41.5 Å². The first kappa shape index (κ1) is 20.9. The number of halogens is 1. The van der Waals surface area contributed by atoms with Crippen LogP contribution in [-0.2, 0) is 18.4 Å². The second kappa shape index (κ2) is 8.42. The first-order chi connectivity index (χ1) is 14.4. The van der Waals surface area contributed by atoms with E-state index in [1.807, 2.05) is 63.5 Å². The molecule has 30 heavy (non-hydrogen) atoms. The van der Waals surface area contributed by atoms with Gasteiger partial charge in [-0.1, -0.05) is 43.3 Å². The van der Waals surface area contributed by atoms with Crippen molar-refractivity contribution in [3.63, 3.8) is 0 Å². The molecule has 0 aliphatic carbocycles. The highest BCUT2D eigenvalue weighted by Crippen LogP contribution is 2.47. The third-order valence-electron chi connectivity index (χ3n) is 5.34. The molecule has 2 heterocycles. The lowest BCUT2D eigenvalue weighted by Gasteiger charge is -2.21. The maximum absolute atomic E-state index is 12.6. The van der Waals surface area contributed by atoms with Gasteiger partial charge in [-0.2, -0.15) is 0 Å². The number of aryl methyl sites for hydroxylation is 1. The second-order valence-electron chi connectivity index (χ2n) is 7.80. The molecule has 1 N–H and O–H groups in total. The van der Waals surface area contributed by atoms with Gasteiger partial charge in [0.2, 0.25) is 5.52 Å². The Balaban J connectivity index is 1.83. The quantitative estimate of drug-likeness (QED) is 0.571. The summed E-state index contributed by atoms with van der Waals surface area (Å²) in [5.74, 6) is 0.132. The van der Waals surface area contributed by atoms with E-state index in [0.717, 1.165) is 37.6 Å². The molecular formula is C24H24ClN2O2S+. The number of nitrogens with zero attached hydrogens (tertiary/aromatic N) is 2. The zero-order valence-corrected chi connectivity index (χ0v) is 18.8. The summed E-state index contributed by atoms with van der Waals surface area (Å²) < 4.78 is 2.07. The number of fused-ring (bicyclic) bond motifs is 2. The van der Waals surface area contributed by atoms with Crippen molar-refractivity contribution in [2.45, 2.75) is 25.3 Å². The highest BCUT2D eigenvalue weighted by molar-refractivity contribution is 8.03. The van der Waals surface area contributed by atoms with Crippen molar-refractivity contribution >= 4 is 51.8 Å². The zero-order chi connectivity index (χ0) is 21.4. The minimum absolute atomic E-state index is 0.0265. The molecule has 3 aromatic rings. The summed E-state index contributed by atoms with van der Waals surface area (Å²) in [5, 5.41) is 12.3. The van der Waals surface area contributed by atoms with Crippen LogP contribution < -0.4 is 9.47 Å². The van der Waals surface area contributed by atoms with Crippen LogP contribution in [0, 0.1) is 5.92 Å². The monoisotopic (exact) mass is 439 g/mol. The SMILES string of the molecule is CC(C)C(=O)CN1/C(=C/c2cc[n+](C)c3ccc(Cl)cc23)Sc2ccc(CO)cc21. The molecule has 0 radical (unpaired) electrons. The molecule has 4 rings (SSSR count). The maximum atomic E-state index is 12.6. The Bertz CT molecular complexity index is 1170. The first-order valence-corrected chi connectivity index (χ1v) is 11.1. The van der Waals surface area contributed by atoms with Gasteiger partial charge in [-0.25, -0.2) is 4.57 Å². The van der Waals surface area contributed by atoms with Crippen molar-refractivity contribution in [1.82, 2.24) is 0 Å². The number of aromatic nitrogens is 1. The fourth-order valence-electron chi connectivity index (χ4n) is 3.52. The lowest BCUT2D eigenvalue weighted by atomic mass is 10.1. The third kappa shape index (κ3) is 3.97. The average molecular weight is 440 g/mol. The van der Waals surface area contributed by atoms with Gasteiger partial charge in [0.25, 0.3) is 0 Å². The van der Waals surface area contributed by atoms with Crippen molar-refractivity contribution in [3.8, 4) is 0 Å². The lowest BCUT2D eigenvalue weighted by Crippen LogP contribution is -2.29. The van der Waals surface area contributed by atoms with Gasteiger partial charge >= 0.3 is 0 Å². The topological polar surface area (TPSA) is 44.4 Å². The number of carbonyl (C=O) groups excluding carboxylic acids is 1. The third-order valence-corrected chi connectivity index (χ3v) is 6.69. The smallest absolute Gasteiger partial charge is 0.212 e. The van der Waals surface area contributed by atoms with Crippen LogP contribution in [0.25, 0.3) is 17.0 Å². The van der Waals surface area contributed by atoms with Crippen molar-refractivity contribution in [1.29, 1.82) is 0 Å². The van der Waals surface area contributed by atoms with Gasteiger partial charge in [0, 0.05) is 28.0 Å². The number of hydrogen-bond acceptors (Lipinski definition) is 4. The van der Waals surface area contributed by atoms with Crippen LogP contribution in [0.15, 0.2) is 58.6 Å². The molecule has 0 bridgehead atoms. The highest BCUT2D eigenvalue weighted by Gasteiger charge is 2.28. The number of benzene rings is 2. The molecule has 0 spiro atoms. The second-order valence-corrected chi connectivity index (χ2v) is 9.29. The summed E-state index contributed by atoms with van der Waals surface area (Å²) in [7, 11) is 2.01. The number of rotatable bonds is 5. The molecule has 0 fully saturated rings. The number of Topliss-reactive ketones (excluding diaryl/α,β-unsaturated/α-hetero) is 1. The zero-order valence-electron chi connectivity index (χ0n) is 17.2. The minimum Gasteiger partial charge on any atom is -0.392 e. The molecule has 1 aliphatic heterocycles. The molecule has 0 amide bonds. The van der Waals surface area contributed by atoms with Gasteiger partial charge in [0.05, 0.1) is 29.3 Å².